The summed E-state index contributed by atoms with van der Waals surface area (Å²) in [7, 11) is 0. The first-order valence-electron chi connectivity index (χ1n) is 6.37. The van der Waals surface area contributed by atoms with Gasteiger partial charge in [-0.3, -0.25) is 4.90 Å². The van der Waals surface area contributed by atoms with Gasteiger partial charge >= 0.3 is 5.97 Å². The predicted octanol–water partition coefficient (Wildman–Crippen LogP) is 1.70. The smallest absolute Gasteiger partial charge is 0.335 e. The Morgan fingerprint density at radius 1 is 1.32 bits per heavy atom. The molecule has 3 rings (SSSR count). The minimum absolute atomic E-state index is 0.312. The number of ether oxygens (including phenoxy) is 1. The van der Waals surface area contributed by atoms with Crippen LogP contribution in [-0.4, -0.2) is 47.3 Å². The molecule has 0 radical (unpaired) electrons. The van der Waals surface area contributed by atoms with Gasteiger partial charge < -0.3 is 14.8 Å². The first-order chi connectivity index (χ1) is 9.22. The van der Waals surface area contributed by atoms with E-state index in [1.165, 1.54) is 0 Å². The third kappa shape index (κ3) is 2.62. The summed E-state index contributed by atoms with van der Waals surface area (Å²) in [6.45, 7) is 4.29. The number of benzene rings is 1. The van der Waals surface area contributed by atoms with Crippen molar-refractivity contribution in [2.75, 3.05) is 26.3 Å². The number of fused-ring (bicyclic) bond motifs is 1. The number of aromatic nitrogens is 1. The van der Waals surface area contributed by atoms with Crippen molar-refractivity contribution in [1.82, 2.24) is 9.88 Å². The monoisotopic (exact) mass is 260 g/mol. The molecule has 100 valence electrons. The molecule has 1 aromatic carbocycles. The second-order valence-corrected chi connectivity index (χ2v) is 4.79. The van der Waals surface area contributed by atoms with Gasteiger partial charge in [0.25, 0.3) is 0 Å². The maximum atomic E-state index is 10.9. The van der Waals surface area contributed by atoms with E-state index in [9.17, 15) is 4.79 Å². The molecule has 0 amide bonds. The van der Waals surface area contributed by atoms with Crippen LogP contribution < -0.4 is 0 Å². The third-order valence-corrected chi connectivity index (χ3v) is 3.42. The minimum Gasteiger partial charge on any atom is -0.478 e. The fraction of sp³-hybridized carbons (Fsp3) is 0.357. The zero-order valence-corrected chi connectivity index (χ0v) is 10.6. The Bertz CT molecular complexity index is 600. The molecule has 0 bridgehead atoms. The maximum Gasteiger partial charge on any atom is 0.335 e. The summed E-state index contributed by atoms with van der Waals surface area (Å²) in [4.78, 5) is 16.6. The van der Waals surface area contributed by atoms with E-state index < -0.39 is 5.97 Å². The lowest BCUT2D eigenvalue weighted by Crippen LogP contribution is -2.35. The Kier molecular flexibility index (Phi) is 3.23. The van der Waals surface area contributed by atoms with Gasteiger partial charge in [0.15, 0.2) is 0 Å². The van der Waals surface area contributed by atoms with Gasteiger partial charge in [0.1, 0.15) is 0 Å². The van der Waals surface area contributed by atoms with E-state index in [0.29, 0.717) is 5.56 Å². The molecule has 0 unspecified atom stereocenters. The van der Waals surface area contributed by atoms with Crippen molar-refractivity contribution in [2.45, 2.75) is 6.54 Å². The van der Waals surface area contributed by atoms with Gasteiger partial charge in [-0.2, -0.15) is 0 Å². The van der Waals surface area contributed by atoms with Gasteiger partial charge in [-0.1, -0.05) is 6.07 Å². The van der Waals surface area contributed by atoms with Crippen molar-refractivity contribution >= 4 is 16.9 Å². The second-order valence-electron chi connectivity index (χ2n) is 4.79. The number of carboxylic acids is 1. The molecular weight excluding hydrogens is 244 g/mol. The molecule has 2 N–H and O–H groups in total. The normalized spacial score (nSPS) is 16.8. The number of aromatic amines is 1. The van der Waals surface area contributed by atoms with Crippen molar-refractivity contribution in [3.63, 3.8) is 0 Å². The second kappa shape index (κ2) is 5.03. The Morgan fingerprint density at radius 2 is 2.11 bits per heavy atom. The molecule has 0 aliphatic carbocycles. The average molecular weight is 260 g/mol. The highest BCUT2D eigenvalue weighted by atomic mass is 16.5. The fourth-order valence-corrected chi connectivity index (χ4v) is 2.41. The number of carboxylic acid groups (broad SMARTS) is 1. The van der Waals surface area contributed by atoms with Crippen LogP contribution in [0.5, 0.6) is 0 Å². The predicted molar refractivity (Wildman–Crippen MR) is 71.4 cm³/mol. The summed E-state index contributed by atoms with van der Waals surface area (Å²) in [6.07, 6.45) is 0. The van der Waals surface area contributed by atoms with Crippen LogP contribution in [0, 0.1) is 0 Å². The highest BCUT2D eigenvalue weighted by Gasteiger charge is 2.12. The van der Waals surface area contributed by atoms with Crippen LogP contribution in [0.4, 0.5) is 0 Å². The summed E-state index contributed by atoms with van der Waals surface area (Å²) in [5, 5.41) is 10.0. The molecule has 0 saturated carbocycles. The van der Waals surface area contributed by atoms with Crippen LogP contribution in [-0.2, 0) is 11.3 Å². The van der Waals surface area contributed by atoms with E-state index in [1.54, 1.807) is 12.1 Å². The van der Waals surface area contributed by atoms with Crippen molar-refractivity contribution in [1.29, 1.82) is 0 Å². The Balaban J connectivity index is 1.82. The van der Waals surface area contributed by atoms with Gasteiger partial charge in [-0.15, -0.1) is 0 Å². The van der Waals surface area contributed by atoms with E-state index in [2.05, 4.69) is 16.0 Å². The van der Waals surface area contributed by atoms with Crippen LogP contribution >= 0.6 is 0 Å². The number of aromatic carboxylic acids is 1. The van der Waals surface area contributed by atoms with Crippen LogP contribution in [0.2, 0.25) is 0 Å². The summed E-state index contributed by atoms with van der Waals surface area (Å²) in [5.74, 6) is -0.897. The van der Waals surface area contributed by atoms with Gasteiger partial charge in [0, 0.05) is 30.8 Å². The van der Waals surface area contributed by atoms with Crippen molar-refractivity contribution < 1.29 is 14.6 Å². The number of H-pyrrole nitrogens is 1. The molecule has 5 heteroatoms. The zero-order valence-electron chi connectivity index (χ0n) is 10.6. The number of rotatable bonds is 3. The number of hydrogen-bond donors (Lipinski definition) is 2. The fourth-order valence-electron chi connectivity index (χ4n) is 2.41. The lowest BCUT2D eigenvalue weighted by atomic mass is 10.1. The number of carbonyl (C=O) groups is 1. The van der Waals surface area contributed by atoms with E-state index >= 15 is 0 Å². The Morgan fingerprint density at radius 3 is 2.84 bits per heavy atom. The number of hydrogen-bond acceptors (Lipinski definition) is 3. The largest absolute Gasteiger partial charge is 0.478 e. The summed E-state index contributed by atoms with van der Waals surface area (Å²) >= 11 is 0. The summed E-state index contributed by atoms with van der Waals surface area (Å²) in [5.41, 5.74) is 2.30. The lowest BCUT2D eigenvalue weighted by Gasteiger charge is -2.25. The van der Waals surface area contributed by atoms with Gasteiger partial charge in [-0.05, 0) is 23.6 Å². The summed E-state index contributed by atoms with van der Waals surface area (Å²) in [6, 6.07) is 7.24. The molecular formula is C14H16N2O3. The first-order valence-corrected chi connectivity index (χ1v) is 6.37. The summed E-state index contributed by atoms with van der Waals surface area (Å²) < 4.78 is 5.32. The first kappa shape index (κ1) is 12.2. The molecule has 2 heterocycles. The molecule has 0 spiro atoms. The Hall–Kier alpha value is -1.85. The van der Waals surface area contributed by atoms with E-state index in [0.717, 1.165) is 49.4 Å². The number of nitrogens with one attached hydrogen (secondary N) is 1. The SMILES string of the molecule is O=C(O)c1ccc2cc(CN3CCOCC3)[nH]c2c1. The maximum absolute atomic E-state index is 10.9. The van der Waals surface area contributed by atoms with Gasteiger partial charge in [-0.25, -0.2) is 4.79 Å². The third-order valence-electron chi connectivity index (χ3n) is 3.42. The van der Waals surface area contributed by atoms with Crippen molar-refractivity contribution in [3.8, 4) is 0 Å². The molecule has 19 heavy (non-hydrogen) atoms. The van der Waals surface area contributed by atoms with Crippen LogP contribution in [0.25, 0.3) is 10.9 Å². The quantitative estimate of drug-likeness (QED) is 0.881. The van der Waals surface area contributed by atoms with Crippen LogP contribution in [0.3, 0.4) is 0 Å². The zero-order chi connectivity index (χ0) is 13.2. The Labute approximate surface area is 110 Å². The molecule has 1 fully saturated rings. The van der Waals surface area contributed by atoms with Gasteiger partial charge in [0.05, 0.1) is 18.8 Å². The van der Waals surface area contributed by atoms with Gasteiger partial charge in [0.2, 0.25) is 0 Å². The highest BCUT2D eigenvalue weighted by molar-refractivity contribution is 5.93. The minimum atomic E-state index is -0.897. The molecule has 5 nitrogen and oxygen atoms in total. The topological polar surface area (TPSA) is 65.6 Å². The number of morpholine rings is 1. The molecule has 1 saturated heterocycles. The lowest BCUT2D eigenvalue weighted by molar-refractivity contribution is 0.0337. The van der Waals surface area contributed by atoms with Crippen LogP contribution in [0.15, 0.2) is 24.3 Å². The van der Waals surface area contributed by atoms with E-state index in [1.807, 2.05) is 6.07 Å². The molecule has 1 aliphatic rings. The molecule has 1 aliphatic heterocycles. The molecule has 2 aromatic rings. The van der Waals surface area contributed by atoms with Crippen molar-refractivity contribution in [3.05, 3.63) is 35.5 Å². The van der Waals surface area contributed by atoms with E-state index in [-0.39, 0.29) is 0 Å². The average Bonchev–Trinajstić information content (AvgIpc) is 2.80. The van der Waals surface area contributed by atoms with Crippen molar-refractivity contribution in [2.24, 2.45) is 0 Å². The highest BCUT2D eigenvalue weighted by Crippen LogP contribution is 2.18. The number of nitrogens with zero attached hydrogens (tertiary/aromatic N) is 1. The standard InChI is InChI=1S/C14H16N2O3/c17-14(18)11-2-1-10-7-12(15-13(10)8-11)9-16-3-5-19-6-4-16/h1-2,7-8,15H,3-6,9H2,(H,17,18). The molecule has 0 atom stereocenters. The molecule has 1 aromatic heterocycles. The van der Waals surface area contributed by atoms with Crippen LogP contribution in [0.1, 0.15) is 16.1 Å². The van der Waals surface area contributed by atoms with E-state index in [4.69, 9.17) is 9.84 Å².